The Hall–Kier alpha value is -3.19. The molecule has 0 fully saturated rings. The average Bonchev–Trinajstić information content (AvgIpc) is 3.20. The Bertz CT molecular complexity index is 902. The first kappa shape index (κ1) is 33.0. The van der Waals surface area contributed by atoms with Crippen molar-refractivity contribution in [2.24, 2.45) is 11.1 Å². The highest BCUT2D eigenvalue weighted by Gasteiger charge is 2.35. The molecule has 0 saturated heterocycles. The molecule has 2 aliphatic heterocycles. The lowest BCUT2D eigenvalue weighted by Crippen LogP contribution is -2.27. The molecule has 0 radical (unpaired) electrons. The molecule has 188 valence electrons. The van der Waals surface area contributed by atoms with Crippen molar-refractivity contribution in [3.05, 3.63) is 102 Å². The van der Waals surface area contributed by atoms with Crippen LogP contribution in [0, 0.1) is 12.3 Å². The Morgan fingerprint density at radius 2 is 1.91 bits per heavy atom. The maximum absolute atomic E-state index is 8.00. The zero-order valence-corrected chi connectivity index (χ0v) is 21.2. The van der Waals surface area contributed by atoms with Gasteiger partial charge in [0.15, 0.2) is 0 Å². The maximum Gasteiger partial charge on any atom is 0.106 e. The number of nitrogens with zero attached hydrogens (tertiary/aromatic N) is 2. The van der Waals surface area contributed by atoms with Crippen molar-refractivity contribution < 1.29 is 15.7 Å². The molecular formula is C28H43N3O3. The molecule has 2 heterocycles. The van der Waals surface area contributed by atoms with E-state index >= 15 is 0 Å². The minimum atomic E-state index is -0.104. The lowest BCUT2D eigenvalue weighted by molar-refractivity contribution is -0.0980. The topological polar surface area (TPSA) is 113 Å². The molecule has 1 aromatic carbocycles. The second-order valence-corrected chi connectivity index (χ2v) is 7.72. The van der Waals surface area contributed by atoms with E-state index in [1.807, 2.05) is 33.8 Å². The molecule has 0 aromatic heterocycles. The van der Waals surface area contributed by atoms with Crippen LogP contribution in [0.3, 0.4) is 0 Å². The number of carbonyl (C=O) groups is 1. The molecule has 6 nitrogen and oxygen atoms in total. The van der Waals surface area contributed by atoms with Crippen molar-refractivity contribution in [3.8, 4) is 0 Å². The minimum Gasteiger partial charge on any atom is -0.412 e. The first-order valence-electron chi connectivity index (χ1n) is 11.1. The predicted molar refractivity (Wildman–Crippen MR) is 146 cm³/mol. The normalized spacial score (nSPS) is 19.6. The quantitative estimate of drug-likeness (QED) is 0.483. The summed E-state index contributed by atoms with van der Waals surface area (Å²) >= 11 is 0. The molecular weight excluding hydrogens is 426 g/mol. The van der Waals surface area contributed by atoms with Gasteiger partial charge >= 0.3 is 0 Å². The largest absolute Gasteiger partial charge is 0.412 e. The first-order valence-corrected chi connectivity index (χ1v) is 11.1. The molecule has 6 heteroatoms. The third-order valence-electron chi connectivity index (χ3n) is 5.44. The Morgan fingerprint density at radius 1 is 1.24 bits per heavy atom. The van der Waals surface area contributed by atoms with Crippen molar-refractivity contribution in [1.82, 2.24) is 9.80 Å². The highest BCUT2D eigenvalue weighted by molar-refractivity contribution is 5.69. The van der Waals surface area contributed by atoms with Gasteiger partial charge in [-0.25, -0.2) is 0 Å². The minimum absolute atomic E-state index is 0. The SMILES string of the molecule is C=CCN(C)C(=C)/C(=C/C12C=C(c3cccc(C)c3)N(/C=C\C=C/C1)C2)CN.C=O.CC.O.O. The molecule has 6 N–H and O–H groups in total. The van der Waals surface area contributed by atoms with Gasteiger partial charge in [0, 0.05) is 49.7 Å². The average molecular weight is 470 g/mol. The second kappa shape index (κ2) is 16.4. The van der Waals surface area contributed by atoms with Crippen molar-refractivity contribution in [2.75, 3.05) is 26.7 Å². The number of aryl methyl sites for hydroxylation is 1. The Labute approximate surface area is 205 Å². The van der Waals surface area contributed by atoms with Gasteiger partial charge in [-0.15, -0.1) is 6.58 Å². The van der Waals surface area contributed by atoms with Gasteiger partial charge in [0.25, 0.3) is 0 Å². The fraction of sp³-hybridized carbons (Fsp3) is 0.321. The summed E-state index contributed by atoms with van der Waals surface area (Å²) in [7, 11) is 2.03. The number of carbonyl (C=O) groups excluding carboxylic acids is 1. The summed E-state index contributed by atoms with van der Waals surface area (Å²) in [5, 5.41) is 0. The Morgan fingerprint density at radius 3 is 2.50 bits per heavy atom. The fourth-order valence-corrected chi connectivity index (χ4v) is 3.94. The third-order valence-corrected chi connectivity index (χ3v) is 5.44. The summed E-state index contributed by atoms with van der Waals surface area (Å²) in [5.41, 5.74) is 11.9. The second-order valence-electron chi connectivity index (χ2n) is 7.72. The molecule has 0 saturated carbocycles. The molecule has 1 atom stereocenters. The molecule has 0 amide bonds. The zero-order valence-electron chi connectivity index (χ0n) is 21.2. The number of hydrogen-bond donors (Lipinski definition) is 1. The number of likely N-dealkylation sites (N-methyl/N-ethyl adjacent to an activating group) is 1. The van der Waals surface area contributed by atoms with Crippen LogP contribution in [0.1, 0.15) is 31.4 Å². The van der Waals surface area contributed by atoms with Crippen molar-refractivity contribution in [2.45, 2.75) is 27.2 Å². The summed E-state index contributed by atoms with van der Waals surface area (Å²) < 4.78 is 0. The molecule has 1 unspecified atom stereocenters. The molecule has 2 bridgehead atoms. The lowest BCUT2D eigenvalue weighted by Gasteiger charge is -2.29. The van der Waals surface area contributed by atoms with Gasteiger partial charge in [-0.1, -0.05) is 68.5 Å². The number of benzene rings is 1. The van der Waals surface area contributed by atoms with E-state index < -0.39 is 0 Å². The van der Waals surface area contributed by atoms with Gasteiger partial charge in [0.1, 0.15) is 6.79 Å². The van der Waals surface area contributed by atoms with Gasteiger partial charge < -0.3 is 31.3 Å². The zero-order chi connectivity index (χ0) is 24.1. The van der Waals surface area contributed by atoms with Crippen LogP contribution < -0.4 is 5.73 Å². The van der Waals surface area contributed by atoms with Crippen LogP contribution in [0.15, 0.2) is 91.3 Å². The van der Waals surface area contributed by atoms with E-state index in [0.29, 0.717) is 6.54 Å². The number of fused-ring (bicyclic) bond motifs is 2. The fourth-order valence-electron chi connectivity index (χ4n) is 3.94. The number of nitrogens with two attached hydrogens (primary N) is 1. The van der Waals surface area contributed by atoms with Crippen LogP contribution in [0.25, 0.3) is 5.70 Å². The van der Waals surface area contributed by atoms with E-state index in [4.69, 9.17) is 10.5 Å². The highest BCUT2D eigenvalue weighted by atomic mass is 16.1. The van der Waals surface area contributed by atoms with Crippen LogP contribution in [0.2, 0.25) is 0 Å². The molecule has 34 heavy (non-hydrogen) atoms. The van der Waals surface area contributed by atoms with Crippen LogP contribution in [0.4, 0.5) is 0 Å². The van der Waals surface area contributed by atoms with Gasteiger partial charge in [-0.05, 0) is 42.7 Å². The maximum atomic E-state index is 8.00. The smallest absolute Gasteiger partial charge is 0.106 e. The number of allylic oxidation sites excluding steroid dienone is 3. The summed E-state index contributed by atoms with van der Waals surface area (Å²) in [5.74, 6) is 0. The van der Waals surface area contributed by atoms with E-state index in [2.05, 4.69) is 90.7 Å². The number of rotatable bonds is 7. The van der Waals surface area contributed by atoms with E-state index in [-0.39, 0.29) is 16.4 Å². The Kier molecular flexibility index (Phi) is 15.9. The monoisotopic (exact) mass is 469 g/mol. The van der Waals surface area contributed by atoms with Crippen molar-refractivity contribution in [3.63, 3.8) is 0 Å². The molecule has 3 rings (SSSR count). The standard InChI is InChI=1S/C25H31N3.C2H6.CH2O.2H2O/c1-5-13-27(4)21(3)23(18-26)16-25-12-7-6-8-14-28(19-25)24(17-25)22-11-9-10-20(2)15-22;2*1-2;;/h5-11,14-17H,1,3,12-13,18-19,26H2,2,4H3;1-2H3;1H2;2*1H2/b7-6-,14-8-,23-16+;;;;. The number of hydrogen-bond acceptors (Lipinski definition) is 4. The van der Waals surface area contributed by atoms with Gasteiger partial charge in [0.05, 0.1) is 0 Å². The summed E-state index contributed by atoms with van der Waals surface area (Å²) in [6, 6.07) is 8.69. The molecule has 1 aromatic rings. The molecule has 0 spiro atoms. The first-order chi connectivity index (χ1) is 15.5. The van der Waals surface area contributed by atoms with Crippen LogP contribution in [-0.4, -0.2) is 54.2 Å². The molecule has 2 aliphatic rings. The van der Waals surface area contributed by atoms with E-state index in [0.717, 1.165) is 30.8 Å². The summed E-state index contributed by atoms with van der Waals surface area (Å²) in [6.07, 6.45) is 16.2. The highest BCUT2D eigenvalue weighted by Crippen LogP contribution is 2.42. The van der Waals surface area contributed by atoms with Crippen LogP contribution in [-0.2, 0) is 4.79 Å². The lowest BCUT2D eigenvalue weighted by atomic mass is 9.82. The predicted octanol–water partition coefficient (Wildman–Crippen LogP) is 3.82. The van der Waals surface area contributed by atoms with E-state index in [1.54, 1.807) is 0 Å². The van der Waals surface area contributed by atoms with Crippen LogP contribution >= 0.6 is 0 Å². The van der Waals surface area contributed by atoms with E-state index in [1.165, 1.54) is 16.8 Å². The van der Waals surface area contributed by atoms with Crippen LogP contribution in [0.5, 0.6) is 0 Å². The summed E-state index contributed by atoms with van der Waals surface area (Å²) in [4.78, 5) is 12.4. The molecule has 0 aliphatic carbocycles. The Balaban J connectivity index is 0. The van der Waals surface area contributed by atoms with Gasteiger partial charge in [0.2, 0.25) is 0 Å². The van der Waals surface area contributed by atoms with Gasteiger partial charge in [-0.3, -0.25) is 0 Å². The van der Waals surface area contributed by atoms with Crippen molar-refractivity contribution >= 4 is 12.5 Å². The van der Waals surface area contributed by atoms with Crippen molar-refractivity contribution in [1.29, 1.82) is 0 Å². The van der Waals surface area contributed by atoms with E-state index in [9.17, 15) is 0 Å². The summed E-state index contributed by atoms with van der Waals surface area (Å²) in [6.45, 7) is 18.4. The van der Waals surface area contributed by atoms with Gasteiger partial charge in [-0.2, -0.15) is 0 Å². The third kappa shape index (κ3) is 8.30.